The van der Waals surface area contributed by atoms with Gasteiger partial charge < -0.3 is 4.57 Å². The van der Waals surface area contributed by atoms with E-state index in [1.165, 1.54) is 36.0 Å². The molecule has 0 aliphatic heterocycles. The molecule has 1 heterocycles. The normalized spacial score (nSPS) is 13.8. The highest BCUT2D eigenvalue weighted by Gasteiger charge is 2.16. The highest BCUT2D eigenvalue weighted by atomic mass is 79.9. The molecule has 0 saturated heterocycles. The third kappa shape index (κ3) is 2.34. The predicted molar refractivity (Wildman–Crippen MR) is 80.4 cm³/mol. The van der Waals surface area contributed by atoms with Gasteiger partial charge in [-0.25, -0.2) is 0 Å². The average molecular weight is 320 g/mol. The van der Waals surface area contributed by atoms with Gasteiger partial charge in [0.2, 0.25) is 0 Å². The Morgan fingerprint density at radius 3 is 2.84 bits per heavy atom. The van der Waals surface area contributed by atoms with Crippen LogP contribution in [0.3, 0.4) is 0 Å². The second-order valence-corrected chi connectivity index (χ2v) is 5.62. The number of hydrogen-bond donors (Lipinski definition) is 0. The van der Waals surface area contributed by atoms with E-state index in [9.17, 15) is 0 Å². The van der Waals surface area contributed by atoms with E-state index in [4.69, 9.17) is 0 Å². The lowest BCUT2D eigenvalue weighted by Crippen LogP contribution is -2.04. The van der Waals surface area contributed by atoms with Crippen molar-refractivity contribution in [1.29, 1.82) is 0 Å². The second-order valence-electron chi connectivity index (χ2n) is 5.06. The maximum absolute atomic E-state index is 4.38. The zero-order valence-electron chi connectivity index (χ0n) is 11.2. The van der Waals surface area contributed by atoms with Crippen LogP contribution in [0.5, 0.6) is 0 Å². The van der Waals surface area contributed by atoms with Gasteiger partial charge in [-0.05, 0) is 42.9 Å². The van der Waals surface area contributed by atoms with E-state index in [0.717, 1.165) is 29.9 Å². The van der Waals surface area contributed by atoms with Crippen LogP contribution in [0.2, 0.25) is 0 Å². The summed E-state index contributed by atoms with van der Waals surface area (Å²) >= 11 is 3.49. The monoisotopic (exact) mass is 319 g/mol. The molecule has 19 heavy (non-hydrogen) atoms. The Balaban J connectivity index is 2.04. The van der Waals surface area contributed by atoms with Crippen LogP contribution in [0.4, 0.5) is 0 Å². The summed E-state index contributed by atoms with van der Waals surface area (Å²) in [7, 11) is 0. The Morgan fingerprint density at radius 2 is 2.05 bits per heavy atom. The SMILES string of the molecule is CCCn1c(CBr)nnc1-c1ccc2c(c1)CCC2. The predicted octanol–water partition coefficient (Wildman–Crippen LogP) is 3.74. The lowest BCUT2D eigenvalue weighted by atomic mass is 10.1. The number of halogens is 1. The number of alkyl halides is 1. The molecule has 2 aromatic rings. The van der Waals surface area contributed by atoms with Gasteiger partial charge in [0.1, 0.15) is 5.82 Å². The molecule has 3 rings (SSSR count). The van der Waals surface area contributed by atoms with Crippen molar-refractivity contribution in [1.82, 2.24) is 14.8 Å². The molecule has 0 unspecified atom stereocenters. The molecule has 0 radical (unpaired) electrons. The van der Waals surface area contributed by atoms with Gasteiger partial charge in [0.25, 0.3) is 0 Å². The molecular formula is C15H18BrN3. The highest BCUT2D eigenvalue weighted by molar-refractivity contribution is 9.08. The Kier molecular flexibility index (Phi) is 3.69. The van der Waals surface area contributed by atoms with E-state index >= 15 is 0 Å². The van der Waals surface area contributed by atoms with E-state index in [2.05, 4.69) is 55.8 Å². The fourth-order valence-corrected chi connectivity index (χ4v) is 3.23. The molecule has 1 aromatic heterocycles. The first-order valence-corrected chi connectivity index (χ1v) is 8.06. The first-order chi connectivity index (χ1) is 9.33. The smallest absolute Gasteiger partial charge is 0.163 e. The highest BCUT2D eigenvalue weighted by Crippen LogP contribution is 2.28. The molecule has 0 bridgehead atoms. The van der Waals surface area contributed by atoms with Crippen LogP contribution in [0, 0.1) is 0 Å². The minimum atomic E-state index is 0.755. The minimum Gasteiger partial charge on any atom is -0.310 e. The van der Waals surface area contributed by atoms with Crippen molar-refractivity contribution in [3.8, 4) is 11.4 Å². The molecule has 4 heteroatoms. The standard InChI is InChI=1S/C15H18BrN3/c1-2-8-19-14(10-16)17-18-15(19)13-7-6-11-4-3-5-12(11)9-13/h6-7,9H,2-5,8,10H2,1H3. The van der Waals surface area contributed by atoms with Gasteiger partial charge in [-0.2, -0.15) is 0 Å². The minimum absolute atomic E-state index is 0.755. The van der Waals surface area contributed by atoms with Gasteiger partial charge in [-0.15, -0.1) is 10.2 Å². The molecule has 0 fully saturated rings. The Hall–Kier alpha value is -1.16. The zero-order valence-corrected chi connectivity index (χ0v) is 12.8. The summed E-state index contributed by atoms with van der Waals surface area (Å²) in [6.45, 7) is 3.16. The molecule has 0 spiro atoms. The number of rotatable bonds is 4. The summed E-state index contributed by atoms with van der Waals surface area (Å²) in [5.74, 6) is 2.02. The Labute approximate surface area is 122 Å². The lowest BCUT2D eigenvalue weighted by Gasteiger charge is -2.09. The van der Waals surface area contributed by atoms with Crippen molar-refractivity contribution in [2.75, 3.05) is 0 Å². The van der Waals surface area contributed by atoms with Gasteiger partial charge in [-0.1, -0.05) is 35.0 Å². The molecule has 0 saturated carbocycles. The third-order valence-electron chi connectivity index (χ3n) is 3.75. The van der Waals surface area contributed by atoms with E-state index in [-0.39, 0.29) is 0 Å². The van der Waals surface area contributed by atoms with Crippen molar-refractivity contribution in [2.24, 2.45) is 0 Å². The summed E-state index contributed by atoms with van der Waals surface area (Å²) in [4.78, 5) is 0. The van der Waals surface area contributed by atoms with Crippen molar-refractivity contribution >= 4 is 15.9 Å². The first kappa shape index (κ1) is 12.9. The van der Waals surface area contributed by atoms with Crippen LogP contribution in [0.25, 0.3) is 11.4 Å². The van der Waals surface area contributed by atoms with Crippen molar-refractivity contribution in [3.63, 3.8) is 0 Å². The van der Waals surface area contributed by atoms with Crippen LogP contribution >= 0.6 is 15.9 Å². The molecule has 3 nitrogen and oxygen atoms in total. The summed E-state index contributed by atoms with van der Waals surface area (Å²) in [6, 6.07) is 6.76. The Morgan fingerprint density at radius 1 is 1.21 bits per heavy atom. The van der Waals surface area contributed by atoms with Gasteiger partial charge in [0.05, 0.1) is 5.33 Å². The largest absolute Gasteiger partial charge is 0.310 e. The first-order valence-electron chi connectivity index (χ1n) is 6.93. The van der Waals surface area contributed by atoms with Gasteiger partial charge in [0, 0.05) is 12.1 Å². The second kappa shape index (κ2) is 5.45. The van der Waals surface area contributed by atoms with E-state index in [1.54, 1.807) is 0 Å². The van der Waals surface area contributed by atoms with Gasteiger partial charge in [-0.3, -0.25) is 0 Å². The summed E-state index contributed by atoms with van der Waals surface area (Å²) < 4.78 is 2.23. The molecule has 1 aliphatic rings. The maximum Gasteiger partial charge on any atom is 0.163 e. The van der Waals surface area contributed by atoms with Gasteiger partial charge >= 0.3 is 0 Å². The number of nitrogens with zero attached hydrogens (tertiary/aromatic N) is 3. The van der Waals surface area contributed by atoms with Crippen molar-refractivity contribution < 1.29 is 0 Å². The molecule has 0 atom stereocenters. The van der Waals surface area contributed by atoms with Crippen molar-refractivity contribution in [2.45, 2.75) is 44.5 Å². The lowest BCUT2D eigenvalue weighted by molar-refractivity contribution is 0.661. The maximum atomic E-state index is 4.38. The number of aryl methyl sites for hydroxylation is 2. The zero-order chi connectivity index (χ0) is 13.2. The topological polar surface area (TPSA) is 30.7 Å². The summed E-state index contributed by atoms with van der Waals surface area (Å²) in [6.07, 6.45) is 4.81. The molecule has 0 amide bonds. The van der Waals surface area contributed by atoms with E-state index in [0.29, 0.717) is 0 Å². The molecular weight excluding hydrogens is 302 g/mol. The summed E-state index contributed by atoms with van der Waals surface area (Å²) in [5, 5.41) is 9.43. The number of aromatic nitrogens is 3. The molecule has 1 aliphatic carbocycles. The Bertz CT molecular complexity index is 589. The van der Waals surface area contributed by atoms with Crippen molar-refractivity contribution in [3.05, 3.63) is 35.2 Å². The molecule has 100 valence electrons. The van der Waals surface area contributed by atoms with E-state index < -0.39 is 0 Å². The van der Waals surface area contributed by atoms with Gasteiger partial charge in [0.15, 0.2) is 5.82 Å². The fourth-order valence-electron chi connectivity index (χ4n) is 2.82. The number of benzene rings is 1. The quantitative estimate of drug-likeness (QED) is 0.804. The number of hydrogen-bond acceptors (Lipinski definition) is 2. The third-order valence-corrected chi connectivity index (χ3v) is 4.25. The van der Waals surface area contributed by atoms with Crippen LogP contribution in [0.15, 0.2) is 18.2 Å². The van der Waals surface area contributed by atoms with E-state index in [1.807, 2.05) is 0 Å². The summed E-state index contributed by atoms with van der Waals surface area (Å²) in [5.41, 5.74) is 4.20. The van der Waals surface area contributed by atoms with Crippen LogP contribution in [-0.4, -0.2) is 14.8 Å². The number of fused-ring (bicyclic) bond motifs is 1. The average Bonchev–Trinajstić information content (AvgIpc) is 3.04. The fraction of sp³-hybridized carbons (Fsp3) is 0.467. The van der Waals surface area contributed by atoms with Crippen LogP contribution in [0.1, 0.15) is 36.7 Å². The molecule has 1 aromatic carbocycles. The van der Waals surface area contributed by atoms with Crippen LogP contribution in [-0.2, 0) is 24.7 Å². The van der Waals surface area contributed by atoms with Crippen LogP contribution < -0.4 is 0 Å². The molecule has 0 N–H and O–H groups in total.